The second-order valence-corrected chi connectivity index (χ2v) is 6.53. The molecule has 1 aliphatic rings. The minimum atomic E-state index is -0.766. The van der Waals surface area contributed by atoms with Crippen LogP contribution < -0.4 is 0 Å². The van der Waals surface area contributed by atoms with E-state index in [0.29, 0.717) is 27.0 Å². The number of rotatable bonds is 2. The molecule has 2 amide bonds. The van der Waals surface area contributed by atoms with Crippen molar-refractivity contribution in [2.45, 2.75) is 0 Å². The first-order chi connectivity index (χ1) is 13.6. The maximum Gasteiger partial charge on any atom is 0.363 e. The predicted molar refractivity (Wildman–Crippen MR) is 104 cm³/mol. The number of amides is 2. The Morgan fingerprint density at radius 2 is 1.46 bits per heavy atom. The van der Waals surface area contributed by atoms with Gasteiger partial charge in [0.05, 0.1) is 16.7 Å². The molecule has 0 N–H and O–H groups in total. The lowest BCUT2D eigenvalue weighted by Crippen LogP contribution is -2.41. The van der Waals surface area contributed by atoms with E-state index in [1.807, 2.05) is 36.4 Å². The molecule has 0 radical (unpaired) electrons. The number of carbonyl (C=O) groups is 3. The quantitative estimate of drug-likeness (QED) is 0.390. The van der Waals surface area contributed by atoms with Crippen molar-refractivity contribution in [3.63, 3.8) is 0 Å². The summed E-state index contributed by atoms with van der Waals surface area (Å²) in [5.41, 5.74) is 0.952. The number of nitrogens with zero attached hydrogens (tertiary/aromatic N) is 1. The van der Waals surface area contributed by atoms with Gasteiger partial charge in [-0.1, -0.05) is 59.7 Å². The minimum absolute atomic E-state index is 0.255. The standard InChI is InChI=1S/C23H13NO4/c25-21-18-12-6-10-16-13-15-9-4-5-11-17(15)20(19(16)18)22(26)24(21)28-23(27)14-7-2-1-3-8-14/h1-13H. The summed E-state index contributed by atoms with van der Waals surface area (Å²) in [6, 6.07) is 22.9. The molecule has 134 valence electrons. The van der Waals surface area contributed by atoms with Crippen LogP contribution in [0.1, 0.15) is 31.1 Å². The highest BCUT2D eigenvalue weighted by atomic mass is 16.7. The van der Waals surface area contributed by atoms with Gasteiger partial charge in [-0.05, 0) is 40.4 Å². The van der Waals surface area contributed by atoms with Gasteiger partial charge < -0.3 is 4.84 Å². The number of hydrogen-bond donors (Lipinski definition) is 0. The maximum absolute atomic E-state index is 13.2. The summed E-state index contributed by atoms with van der Waals surface area (Å²) in [5.74, 6) is -2.06. The van der Waals surface area contributed by atoms with Gasteiger partial charge in [-0.25, -0.2) is 4.79 Å². The molecule has 0 saturated carbocycles. The summed E-state index contributed by atoms with van der Waals surface area (Å²) >= 11 is 0. The molecule has 0 atom stereocenters. The van der Waals surface area contributed by atoms with Gasteiger partial charge in [-0.3, -0.25) is 9.59 Å². The van der Waals surface area contributed by atoms with Gasteiger partial charge in [0.1, 0.15) is 0 Å². The summed E-state index contributed by atoms with van der Waals surface area (Å²) in [6.07, 6.45) is 0. The highest BCUT2D eigenvalue weighted by Gasteiger charge is 2.37. The SMILES string of the molecule is O=C(ON1C(=O)c2cccc3cc4ccccc4c(c23)C1=O)c1ccccc1. The van der Waals surface area contributed by atoms with Gasteiger partial charge >= 0.3 is 5.97 Å². The Labute approximate surface area is 159 Å². The van der Waals surface area contributed by atoms with Crippen molar-refractivity contribution in [3.8, 4) is 0 Å². The van der Waals surface area contributed by atoms with E-state index in [0.717, 1.165) is 10.8 Å². The fraction of sp³-hybridized carbons (Fsp3) is 0. The van der Waals surface area contributed by atoms with Gasteiger partial charge in [-0.15, -0.1) is 0 Å². The third-order valence-corrected chi connectivity index (χ3v) is 4.88. The minimum Gasteiger partial charge on any atom is -0.324 e. The molecule has 1 heterocycles. The molecule has 4 aromatic carbocycles. The number of hydrogen-bond acceptors (Lipinski definition) is 4. The maximum atomic E-state index is 13.2. The Bertz CT molecular complexity index is 1290. The molecule has 5 heteroatoms. The average molecular weight is 367 g/mol. The second kappa shape index (κ2) is 6.03. The zero-order valence-corrected chi connectivity index (χ0v) is 14.6. The molecule has 0 unspecified atom stereocenters. The Morgan fingerprint density at radius 1 is 0.750 bits per heavy atom. The Balaban J connectivity index is 1.69. The number of fused-ring (bicyclic) bond motifs is 2. The van der Waals surface area contributed by atoms with Crippen LogP contribution in [-0.2, 0) is 4.84 Å². The Hall–Kier alpha value is -3.99. The number of hydroxylamine groups is 2. The Morgan fingerprint density at radius 3 is 2.29 bits per heavy atom. The van der Waals surface area contributed by atoms with E-state index in [9.17, 15) is 14.4 Å². The van der Waals surface area contributed by atoms with Crippen molar-refractivity contribution in [2.75, 3.05) is 0 Å². The normalized spacial score (nSPS) is 13.2. The van der Waals surface area contributed by atoms with Gasteiger partial charge in [0.25, 0.3) is 11.8 Å². The van der Waals surface area contributed by atoms with Crippen molar-refractivity contribution in [1.82, 2.24) is 5.06 Å². The summed E-state index contributed by atoms with van der Waals surface area (Å²) in [7, 11) is 0. The molecule has 0 bridgehead atoms. The number of benzene rings is 4. The molecule has 1 aliphatic heterocycles. The van der Waals surface area contributed by atoms with E-state index in [4.69, 9.17) is 4.84 Å². The molecule has 0 aliphatic carbocycles. The third-order valence-electron chi connectivity index (χ3n) is 4.88. The van der Waals surface area contributed by atoms with Crippen molar-refractivity contribution in [2.24, 2.45) is 0 Å². The topological polar surface area (TPSA) is 63.7 Å². The number of imide groups is 1. The van der Waals surface area contributed by atoms with E-state index in [1.54, 1.807) is 42.5 Å². The lowest BCUT2D eigenvalue weighted by Gasteiger charge is -2.26. The second-order valence-electron chi connectivity index (χ2n) is 6.53. The first kappa shape index (κ1) is 16.2. The van der Waals surface area contributed by atoms with Crippen LogP contribution in [0.25, 0.3) is 21.5 Å². The van der Waals surface area contributed by atoms with Gasteiger partial charge in [-0.2, -0.15) is 0 Å². The molecule has 28 heavy (non-hydrogen) atoms. The molecule has 4 aromatic rings. The fourth-order valence-corrected chi connectivity index (χ4v) is 3.62. The van der Waals surface area contributed by atoms with Crippen molar-refractivity contribution >= 4 is 39.3 Å². The van der Waals surface area contributed by atoms with Crippen LogP contribution >= 0.6 is 0 Å². The van der Waals surface area contributed by atoms with Gasteiger partial charge in [0.15, 0.2) is 0 Å². The third kappa shape index (κ3) is 2.30. The lowest BCUT2D eigenvalue weighted by atomic mass is 9.90. The van der Waals surface area contributed by atoms with Crippen molar-refractivity contribution in [1.29, 1.82) is 0 Å². The van der Waals surface area contributed by atoms with E-state index in [-0.39, 0.29) is 5.56 Å². The zero-order valence-electron chi connectivity index (χ0n) is 14.6. The van der Waals surface area contributed by atoms with E-state index >= 15 is 0 Å². The van der Waals surface area contributed by atoms with Crippen LogP contribution in [0.2, 0.25) is 0 Å². The van der Waals surface area contributed by atoms with Crippen LogP contribution in [0.5, 0.6) is 0 Å². The van der Waals surface area contributed by atoms with Gasteiger partial charge in [0, 0.05) is 5.39 Å². The van der Waals surface area contributed by atoms with Gasteiger partial charge in [0.2, 0.25) is 0 Å². The predicted octanol–water partition coefficient (Wildman–Crippen LogP) is 4.36. The van der Waals surface area contributed by atoms with E-state index < -0.39 is 17.8 Å². The van der Waals surface area contributed by atoms with Crippen LogP contribution in [-0.4, -0.2) is 22.8 Å². The molecule has 0 spiro atoms. The molecule has 0 saturated heterocycles. The molecular formula is C23H13NO4. The molecule has 0 aromatic heterocycles. The highest BCUT2D eigenvalue weighted by Crippen LogP contribution is 2.35. The molecule has 5 nitrogen and oxygen atoms in total. The Kier molecular flexibility index (Phi) is 3.49. The molecule has 0 fully saturated rings. The highest BCUT2D eigenvalue weighted by molar-refractivity contribution is 6.30. The van der Waals surface area contributed by atoms with Crippen molar-refractivity contribution in [3.05, 3.63) is 95.6 Å². The molecular weight excluding hydrogens is 354 g/mol. The summed E-state index contributed by atoms with van der Waals surface area (Å²) in [6.45, 7) is 0. The fourth-order valence-electron chi connectivity index (χ4n) is 3.62. The van der Waals surface area contributed by atoms with Crippen molar-refractivity contribution < 1.29 is 19.2 Å². The zero-order chi connectivity index (χ0) is 19.3. The van der Waals surface area contributed by atoms with Crippen LogP contribution in [0.3, 0.4) is 0 Å². The van der Waals surface area contributed by atoms with Crippen LogP contribution in [0.15, 0.2) is 78.9 Å². The lowest BCUT2D eigenvalue weighted by molar-refractivity contribution is -0.0619. The largest absolute Gasteiger partial charge is 0.363 e. The first-order valence-electron chi connectivity index (χ1n) is 8.76. The van der Waals surface area contributed by atoms with E-state index in [1.165, 1.54) is 0 Å². The summed E-state index contributed by atoms with van der Waals surface area (Å²) < 4.78 is 0. The first-order valence-corrected chi connectivity index (χ1v) is 8.76. The smallest absolute Gasteiger partial charge is 0.324 e. The van der Waals surface area contributed by atoms with E-state index in [2.05, 4.69) is 0 Å². The average Bonchev–Trinajstić information content (AvgIpc) is 2.74. The molecule has 5 rings (SSSR count). The van der Waals surface area contributed by atoms with Crippen LogP contribution in [0, 0.1) is 0 Å². The summed E-state index contributed by atoms with van der Waals surface area (Å²) in [5, 5.41) is 3.53. The van der Waals surface area contributed by atoms with Crippen LogP contribution in [0.4, 0.5) is 0 Å². The number of carbonyl (C=O) groups excluding carboxylic acids is 3. The summed E-state index contributed by atoms with van der Waals surface area (Å²) in [4.78, 5) is 43.9. The monoisotopic (exact) mass is 367 g/mol.